The molecule has 0 aromatic heterocycles. The monoisotopic (exact) mass is 156 g/mol. The van der Waals surface area contributed by atoms with Crippen molar-refractivity contribution in [1.29, 1.82) is 0 Å². The third kappa shape index (κ3) is 2.03. The van der Waals surface area contributed by atoms with Crippen LogP contribution in [0.5, 0.6) is 0 Å². The van der Waals surface area contributed by atoms with Crippen LogP contribution in [-0.4, -0.2) is 17.0 Å². The molecule has 1 unspecified atom stereocenters. The molecular formula is C9H16O2. The molecule has 0 radical (unpaired) electrons. The zero-order valence-electron chi connectivity index (χ0n) is 7.05. The molecule has 0 heterocycles. The SMILES string of the molecule is CC(O)(C=O)C1CCCCC1. The number of rotatable bonds is 2. The van der Waals surface area contributed by atoms with E-state index in [0.717, 1.165) is 25.7 Å². The van der Waals surface area contributed by atoms with Crippen molar-refractivity contribution in [1.82, 2.24) is 0 Å². The zero-order valence-corrected chi connectivity index (χ0v) is 7.05. The van der Waals surface area contributed by atoms with Crippen LogP contribution in [0.2, 0.25) is 0 Å². The van der Waals surface area contributed by atoms with E-state index in [1.165, 1.54) is 6.42 Å². The maximum Gasteiger partial charge on any atom is 0.151 e. The zero-order chi connectivity index (χ0) is 8.32. The molecule has 11 heavy (non-hydrogen) atoms. The average molecular weight is 156 g/mol. The highest BCUT2D eigenvalue weighted by atomic mass is 16.3. The summed E-state index contributed by atoms with van der Waals surface area (Å²) in [5.41, 5.74) is -1.07. The quantitative estimate of drug-likeness (QED) is 0.615. The molecule has 0 aromatic rings. The van der Waals surface area contributed by atoms with Gasteiger partial charge in [0.25, 0.3) is 0 Å². The Bertz CT molecular complexity index is 134. The molecule has 1 fully saturated rings. The topological polar surface area (TPSA) is 37.3 Å². The lowest BCUT2D eigenvalue weighted by Gasteiger charge is -2.30. The summed E-state index contributed by atoms with van der Waals surface area (Å²) in [6.45, 7) is 1.62. The van der Waals surface area contributed by atoms with E-state index in [0.29, 0.717) is 6.29 Å². The van der Waals surface area contributed by atoms with E-state index in [1.54, 1.807) is 6.92 Å². The number of hydrogen-bond acceptors (Lipinski definition) is 2. The van der Waals surface area contributed by atoms with Gasteiger partial charge in [-0.05, 0) is 25.7 Å². The van der Waals surface area contributed by atoms with Crippen LogP contribution >= 0.6 is 0 Å². The standard InChI is InChI=1S/C9H16O2/c1-9(11,7-10)8-5-3-2-4-6-8/h7-8,11H,2-6H2,1H3. The van der Waals surface area contributed by atoms with Gasteiger partial charge in [0.1, 0.15) is 5.60 Å². The Morgan fingerprint density at radius 2 is 1.91 bits per heavy atom. The van der Waals surface area contributed by atoms with Crippen LogP contribution in [0.3, 0.4) is 0 Å². The fourth-order valence-electron chi connectivity index (χ4n) is 1.78. The van der Waals surface area contributed by atoms with Gasteiger partial charge in [0.2, 0.25) is 0 Å². The van der Waals surface area contributed by atoms with Gasteiger partial charge in [0, 0.05) is 0 Å². The van der Waals surface area contributed by atoms with Crippen molar-refractivity contribution >= 4 is 6.29 Å². The van der Waals surface area contributed by atoms with Crippen molar-refractivity contribution in [3.63, 3.8) is 0 Å². The minimum absolute atomic E-state index is 0.203. The fraction of sp³-hybridized carbons (Fsp3) is 0.889. The molecule has 1 rings (SSSR count). The van der Waals surface area contributed by atoms with Gasteiger partial charge in [-0.3, -0.25) is 0 Å². The Balaban J connectivity index is 2.50. The van der Waals surface area contributed by atoms with Crippen LogP contribution in [0.25, 0.3) is 0 Å². The average Bonchev–Trinajstić information content (AvgIpc) is 2.06. The van der Waals surface area contributed by atoms with Crippen LogP contribution < -0.4 is 0 Å². The molecule has 0 bridgehead atoms. The maximum atomic E-state index is 10.5. The smallest absolute Gasteiger partial charge is 0.151 e. The summed E-state index contributed by atoms with van der Waals surface area (Å²) >= 11 is 0. The molecular weight excluding hydrogens is 140 g/mol. The first-order valence-corrected chi connectivity index (χ1v) is 4.35. The third-order valence-electron chi connectivity index (χ3n) is 2.67. The van der Waals surface area contributed by atoms with Crippen LogP contribution in [0.1, 0.15) is 39.0 Å². The second kappa shape index (κ2) is 3.35. The minimum Gasteiger partial charge on any atom is -0.382 e. The normalized spacial score (nSPS) is 26.0. The van der Waals surface area contributed by atoms with Crippen molar-refractivity contribution in [2.24, 2.45) is 5.92 Å². The van der Waals surface area contributed by atoms with E-state index < -0.39 is 5.60 Å². The summed E-state index contributed by atoms with van der Waals surface area (Å²) < 4.78 is 0. The van der Waals surface area contributed by atoms with E-state index in [-0.39, 0.29) is 5.92 Å². The van der Waals surface area contributed by atoms with Gasteiger partial charge in [-0.1, -0.05) is 19.3 Å². The molecule has 0 aliphatic heterocycles. The van der Waals surface area contributed by atoms with Crippen molar-refractivity contribution in [3.8, 4) is 0 Å². The van der Waals surface area contributed by atoms with Crippen molar-refractivity contribution in [2.45, 2.75) is 44.6 Å². The molecule has 1 aliphatic carbocycles. The maximum absolute atomic E-state index is 10.5. The summed E-state index contributed by atoms with van der Waals surface area (Å²) in [5.74, 6) is 0.203. The molecule has 0 spiro atoms. The Labute approximate surface area is 67.6 Å². The first-order valence-electron chi connectivity index (χ1n) is 4.35. The Hall–Kier alpha value is -0.370. The molecule has 2 nitrogen and oxygen atoms in total. The lowest BCUT2D eigenvalue weighted by atomic mass is 9.79. The van der Waals surface area contributed by atoms with Crippen LogP contribution in [0.4, 0.5) is 0 Å². The predicted octanol–water partition coefficient (Wildman–Crippen LogP) is 1.52. The summed E-state index contributed by atoms with van der Waals surface area (Å²) in [5, 5.41) is 9.58. The van der Waals surface area contributed by atoms with Gasteiger partial charge in [0.05, 0.1) is 0 Å². The highest BCUT2D eigenvalue weighted by Crippen LogP contribution is 2.31. The van der Waals surface area contributed by atoms with Crippen LogP contribution in [0, 0.1) is 5.92 Å². The van der Waals surface area contributed by atoms with E-state index in [4.69, 9.17) is 0 Å². The van der Waals surface area contributed by atoms with Crippen molar-refractivity contribution in [3.05, 3.63) is 0 Å². The number of hydrogen-bond donors (Lipinski definition) is 1. The Morgan fingerprint density at radius 3 is 2.36 bits per heavy atom. The van der Waals surface area contributed by atoms with Crippen molar-refractivity contribution in [2.75, 3.05) is 0 Å². The van der Waals surface area contributed by atoms with E-state index in [2.05, 4.69) is 0 Å². The minimum atomic E-state index is -1.07. The summed E-state index contributed by atoms with van der Waals surface area (Å²) in [6.07, 6.45) is 6.27. The van der Waals surface area contributed by atoms with Gasteiger partial charge in [-0.25, -0.2) is 0 Å². The summed E-state index contributed by atoms with van der Waals surface area (Å²) in [6, 6.07) is 0. The van der Waals surface area contributed by atoms with Gasteiger partial charge < -0.3 is 9.90 Å². The lowest BCUT2D eigenvalue weighted by Crippen LogP contribution is -2.37. The highest BCUT2D eigenvalue weighted by Gasteiger charge is 2.31. The van der Waals surface area contributed by atoms with Crippen molar-refractivity contribution < 1.29 is 9.90 Å². The molecule has 1 atom stereocenters. The van der Waals surface area contributed by atoms with Crippen LogP contribution in [-0.2, 0) is 4.79 Å². The lowest BCUT2D eigenvalue weighted by molar-refractivity contribution is -0.128. The molecule has 1 N–H and O–H groups in total. The van der Waals surface area contributed by atoms with Gasteiger partial charge >= 0.3 is 0 Å². The van der Waals surface area contributed by atoms with Gasteiger partial charge in [-0.2, -0.15) is 0 Å². The van der Waals surface area contributed by atoms with Gasteiger partial charge in [0.15, 0.2) is 6.29 Å². The highest BCUT2D eigenvalue weighted by molar-refractivity contribution is 5.61. The molecule has 1 aliphatic rings. The number of aliphatic hydroxyl groups is 1. The predicted molar refractivity (Wildman–Crippen MR) is 43.3 cm³/mol. The molecule has 2 heteroatoms. The van der Waals surface area contributed by atoms with Crippen LogP contribution in [0.15, 0.2) is 0 Å². The molecule has 0 aromatic carbocycles. The van der Waals surface area contributed by atoms with E-state index in [9.17, 15) is 9.90 Å². The largest absolute Gasteiger partial charge is 0.382 e. The van der Waals surface area contributed by atoms with E-state index in [1.807, 2.05) is 0 Å². The summed E-state index contributed by atoms with van der Waals surface area (Å²) in [4.78, 5) is 10.5. The fourth-order valence-corrected chi connectivity index (χ4v) is 1.78. The van der Waals surface area contributed by atoms with E-state index >= 15 is 0 Å². The third-order valence-corrected chi connectivity index (χ3v) is 2.67. The van der Waals surface area contributed by atoms with Gasteiger partial charge in [-0.15, -0.1) is 0 Å². The summed E-state index contributed by atoms with van der Waals surface area (Å²) in [7, 11) is 0. The second-order valence-corrected chi connectivity index (χ2v) is 3.68. The molecule has 0 amide bonds. The number of carbonyl (C=O) groups excluding carboxylic acids is 1. The molecule has 1 saturated carbocycles. The molecule has 0 saturated heterocycles. The Morgan fingerprint density at radius 1 is 1.36 bits per heavy atom. The number of aldehydes is 1. The first-order chi connectivity index (χ1) is 5.17. The number of carbonyl (C=O) groups is 1. The first kappa shape index (κ1) is 8.72. The Kier molecular flexibility index (Phi) is 2.66. The molecule has 64 valence electrons. The second-order valence-electron chi connectivity index (χ2n) is 3.68.